The van der Waals surface area contributed by atoms with E-state index in [0.717, 1.165) is 18.8 Å². The third-order valence-electron chi connectivity index (χ3n) is 4.32. The molecule has 0 aliphatic carbocycles. The molecule has 0 unspecified atom stereocenters. The molecule has 0 saturated carbocycles. The molecule has 0 spiro atoms. The third-order valence-corrected chi connectivity index (χ3v) is 4.32. The molecule has 2 aliphatic heterocycles. The third kappa shape index (κ3) is 2.10. The molecule has 3 rings (SSSR count). The van der Waals surface area contributed by atoms with Crippen LogP contribution < -0.4 is 9.64 Å². The van der Waals surface area contributed by atoms with E-state index in [2.05, 4.69) is 16.8 Å². The van der Waals surface area contributed by atoms with Crippen LogP contribution in [0.15, 0.2) is 18.2 Å². The van der Waals surface area contributed by atoms with E-state index >= 15 is 0 Å². The first kappa shape index (κ1) is 13.2. The monoisotopic (exact) mass is 277 g/mol. The van der Waals surface area contributed by atoms with Crippen molar-refractivity contribution in [2.24, 2.45) is 0 Å². The van der Waals surface area contributed by atoms with Gasteiger partial charge in [0.2, 0.25) is 0 Å². The summed E-state index contributed by atoms with van der Waals surface area (Å²) < 4.78 is 5.17. The van der Waals surface area contributed by atoms with Crippen LogP contribution in [0.3, 0.4) is 0 Å². The van der Waals surface area contributed by atoms with E-state index in [1.807, 2.05) is 6.07 Å². The Morgan fingerprint density at radius 3 is 2.50 bits per heavy atom. The summed E-state index contributed by atoms with van der Waals surface area (Å²) in [7, 11) is 3.63. The van der Waals surface area contributed by atoms with Gasteiger partial charge in [0.1, 0.15) is 0 Å². The molecular formula is C14H19N3O3. The summed E-state index contributed by atoms with van der Waals surface area (Å²) in [6.07, 6.45) is 2.38. The second-order valence-corrected chi connectivity index (χ2v) is 5.63. The van der Waals surface area contributed by atoms with Crippen LogP contribution in [0.5, 0.6) is 5.75 Å². The van der Waals surface area contributed by atoms with E-state index in [4.69, 9.17) is 4.74 Å². The van der Waals surface area contributed by atoms with Crippen molar-refractivity contribution in [1.82, 2.24) is 4.90 Å². The Morgan fingerprint density at radius 1 is 1.30 bits per heavy atom. The number of likely N-dealkylation sites (tertiary alicyclic amines) is 1. The van der Waals surface area contributed by atoms with E-state index in [9.17, 15) is 10.1 Å². The minimum Gasteiger partial charge on any atom is -0.490 e. The molecule has 0 radical (unpaired) electrons. The zero-order valence-corrected chi connectivity index (χ0v) is 11.8. The highest BCUT2D eigenvalue weighted by molar-refractivity contribution is 5.61. The maximum Gasteiger partial charge on any atom is 0.311 e. The number of rotatable bonds is 3. The molecule has 20 heavy (non-hydrogen) atoms. The van der Waals surface area contributed by atoms with Gasteiger partial charge in [-0.15, -0.1) is 0 Å². The molecule has 2 atom stereocenters. The van der Waals surface area contributed by atoms with Crippen LogP contribution >= 0.6 is 0 Å². The van der Waals surface area contributed by atoms with Crippen molar-refractivity contribution in [2.45, 2.75) is 24.9 Å². The quantitative estimate of drug-likeness (QED) is 0.623. The summed E-state index contributed by atoms with van der Waals surface area (Å²) in [5.41, 5.74) is 1.06. The van der Waals surface area contributed by atoms with Crippen molar-refractivity contribution in [2.75, 3.05) is 32.1 Å². The number of anilines is 1. The van der Waals surface area contributed by atoms with E-state index in [-0.39, 0.29) is 5.69 Å². The molecule has 2 bridgehead atoms. The van der Waals surface area contributed by atoms with Crippen molar-refractivity contribution in [3.05, 3.63) is 28.3 Å². The van der Waals surface area contributed by atoms with Gasteiger partial charge in [-0.25, -0.2) is 0 Å². The van der Waals surface area contributed by atoms with Crippen molar-refractivity contribution < 1.29 is 9.66 Å². The SMILES string of the molecule is COc1cc(N2[C@@H]3CC[C@H]2CN(C)C3)ccc1[N+](=O)[O-]. The van der Waals surface area contributed by atoms with Crippen LogP contribution in [0.1, 0.15) is 12.8 Å². The number of methoxy groups -OCH3 is 1. The Bertz CT molecular complexity index is 520. The molecule has 1 aromatic carbocycles. The number of fused-ring (bicyclic) bond motifs is 2. The minimum absolute atomic E-state index is 0.0257. The zero-order valence-electron chi connectivity index (χ0n) is 11.8. The number of ether oxygens (including phenoxy) is 1. The van der Waals surface area contributed by atoms with Gasteiger partial charge in [-0.3, -0.25) is 10.1 Å². The lowest BCUT2D eigenvalue weighted by Gasteiger charge is -2.41. The van der Waals surface area contributed by atoms with Crippen LogP contribution in [0.25, 0.3) is 0 Å². The second-order valence-electron chi connectivity index (χ2n) is 5.63. The number of likely N-dealkylation sites (N-methyl/N-ethyl adjacent to an activating group) is 1. The van der Waals surface area contributed by atoms with Crippen molar-refractivity contribution >= 4 is 11.4 Å². The van der Waals surface area contributed by atoms with Crippen LogP contribution in [0, 0.1) is 10.1 Å². The fraction of sp³-hybridized carbons (Fsp3) is 0.571. The van der Waals surface area contributed by atoms with Crippen LogP contribution in [0.4, 0.5) is 11.4 Å². The number of nitro groups is 1. The molecule has 108 valence electrons. The van der Waals surface area contributed by atoms with Gasteiger partial charge in [0.25, 0.3) is 0 Å². The second kappa shape index (κ2) is 4.94. The summed E-state index contributed by atoms with van der Waals surface area (Å²) in [5, 5.41) is 11.0. The van der Waals surface area contributed by atoms with Gasteiger partial charge < -0.3 is 14.5 Å². The fourth-order valence-electron chi connectivity index (χ4n) is 3.51. The number of hydrogen-bond acceptors (Lipinski definition) is 5. The molecular weight excluding hydrogens is 258 g/mol. The molecule has 2 fully saturated rings. The largest absolute Gasteiger partial charge is 0.490 e. The Morgan fingerprint density at radius 2 is 1.95 bits per heavy atom. The maximum absolute atomic E-state index is 11.0. The van der Waals surface area contributed by atoms with Crippen LogP contribution in [0.2, 0.25) is 0 Å². The van der Waals surface area contributed by atoms with Gasteiger partial charge in [0.15, 0.2) is 5.75 Å². The lowest BCUT2D eigenvalue weighted by atomic mass is 10.1. The van der Waals surface area contributed by atoms with Gasteiger partial charge in [-0.2, -0.15) is 0 Å². The number of benzene rings is 1. The highest BCUT2D eigenvalue weighted by atomic mass is 16.6. The normalized spacial score (nSPS) is 25.8. The topological polar surface area (TPSA) is 58.8 Å². The predicted octanol–water partition coefficient (Wildman–Crippen LogP) is 1.89. The molecule has 1 aromatic rings. The average Bonchev–Trinajstić information content (AvgIpc) is 2.70. The highest BCUT2D eigenvalue weighted by Crippen LogP contribution is 2.38. The Hall–Kier alpha value is -1.82. The number of nitrogens with zero attached hydrogens (tertiary/aromatic N) is 3. The first-order valence-electron chi connectivity index (χ1n) is 6.89. The lowest BCUT2D eigenvalue weighted by Crippen LogP contribution is -2.52. The van der Waals surface area contributed by atoms with Gasteiger partial charge >= 0.3 is 5.69 Å². The van der Waals surface area contributed by atoms with Crippen molar-refractivity contribution in [1.29, 1.82) is 0 Å². The van der Waals surface area contributed by atoms with E-state index in [1.165, 1.54) is 20.0 Å². The van der Waals surface area contributed by atoms with E-state index < -0.39 is 4.92 Å². The fourth-order valence-corrected chi connectivity index (χ4v) is 3.51. The highest BCUT2D eigenvalue weighted by Gasteiger charge is 2.39. The summed E-state index contributed by atoms with van der Waals surface area (Å²) in [6, 6.07) is 6.20. The molecule has 6 heteroatoms. The molecule has 2 aliphatic rings. The average molecular weight is 277 g/mol. The van der Waals surface area contributed by atoms with Gasteiger partial charge in [0, 0.05) is 43.0 Å². The summed E-state index contributed by atoms with van der Waals surface area (Å²) >= 11 is 0. The molecule has 0 aromatic heterocycles. The summed E-state index contributed by atoms with van der Waals surface area (Å²) in [5.74, 6) is 0.339. The van der Waals surface area contributed by atoms with Crippen molar-refractivity contribution in [3.8, 4) is 5.75 Å². The summed E-state index contributed by atoms with van der Waals surface area (Å²) in [6.45, 7) is 2.10. The van der Waals surface area contributed by atoms with E-state index in [0.29, 0.717) is 17.8 Å². The predicted molar refractivity (Wildman–Crippen MR) is 76.4 cm³/mol. The minimum atomic E-state index is -0.402. The summed E-state index contributed by atoms with van der Waals surface area (Å²) in [4.78, 5) is 15.3. The van der Waals surface area contributed by atoms with Gasteiger partial charge in [-0.05, 0) is 26.0 Å². The van der Waals surface area contributed by atoms with Gasteiger partial charge in [-0.1, -0.05) is 0 Å². The zero-order chi connectivity index (χ0) is 14.3. The molecule has 0 N–H and O–H groups in total. The Kier molecular flexibility index (Phi) is 3.25. The Balaban J connectivity index is 1.93. The molecule has 2 saturated heterocycles. The molecule has 0 amide bonds. The standard InChI is InChI=1S/C14H19N3O3/c1-15-8-11-3-4-12(9-15)16(11)10-5-6-13(17(18)19)14(7-10)20-2/h5-7,11-12H,3-4,8-9H2,1-2H3/t11-,12+. The first-order chi connectivity index (χ1) is 9.60. The molecule has 2 heterocycles. The number of hydrogen-bond donors (Lipinski definition) is 0. The molecule has 6 nitrogen and oxygen atoms in total. The maximum atomic E-state index is 11.0. The van der Waals surface area contributed by atoms with Crippen molar-refractivity contribution in [3.63, 3.8) is 0 Å². The smallest absolute Gasteiger partial charge is 0.311 e. The van der Waals surface area contributed by atoms with Gasteiger partial charge in [0.05, 0.1) is 12.0 Å². The van der Waals surface area contributed by atoms with Crippen LogP contribution in [-0.2, 0) is 0 Å². The number of piperazine rings is 1. The number of nitro benzene ring substituents is 1. The van der Waals surface area contributed by atoms with E-state index in [1.54, 1.807) is 12.1 Å². The first-order valence-corrected chi connectivity index (χ1v) is 6.89. The van der Waals surface area contributed by atoms with Crippen LogP contribution in [-0.4, -0.2) is 49.2 Å². The lowest BCUT2D eigenvalue weighted by molar-refractivity contribution is -0.385. The Labute approximate surface area is 118 Å².